The minimum Gasteiger partial charge on any atom is -0.351 e. The molecular weight excluding hydrogens is 284 g/mol. The van der Waals surface area contributed by atoms with Crippen molar-refractivity contribution in [3.63, 3.8) is 0 Å². The quantitative estimate of drug-likeness (QED) is 0.878. The third-order valence-electron chi connectivity index (χ3n) is 4.35. The minimum absolute atomic E-state index is 0.0699. The second-order valence-electron chi connectivity index (χ2n) is 6.67. The van der Waals surface area contributed by atoms with Crippen LogP contribution in [0, 0.1) is 11.8 Å². The highest BCUT2D eigenvalue weighted by molar-refractivity contribution is 6.31. The number of hydrogen-bond donors (Lipinski definition) is 2. The Morgan fingerprint density at radius 1 is 1.38 bits per heavy atom. The number of hydrogen-bond acceptors (Lipinski definition) is 2. The molecule has 0 unspecified atom stereocenters. The molecule has 3 N–H and O–H groups in total. The van der Waals surface area contributed by atoms with Gasteiger partial charge in [-0.25, -0.2) is 0 Å². The number of amides is 1. The van der Waals surface area contributed by atoms with E-state index in [1.807, 2.05) is 38.1 Å². The lowest BCUT2D eigenvalue weighted by Crippen LogP contribution is -2.48. The summed E-state index contributed by atoms with van der Waals surface area (Å²) in [6, 6.07) is 7.78. The van der Waals surface area contributed by atoms with Crippen LogP contribution >= 0.6 is 11.6 Å². The van der Waals surface area contributed by atoms with Crippen LogP contribution < -0.4 is 11.1 Å². The molecule has 21 heavy (non-hydrogen) atoms. The van der Waals surface area contributed by atoms with E-state index in [2.05, 4.69) is 5.32 Å². The molecule has 116 valence electrons. The summed E-state index contributed by atoms with van der Waals surface area (Å²) in [5, 5.41) is 3.94. The third kappa shape index (κ3) is 4.21. The van der Waals surface area contributed by atoms with Crippen molar-refractivity contribution in [2.24, 2.45) is 17.6 Å². The fourth-order valence-electron chi connectivity index (χ4n) is 3.25. The summed E-state index contributed by atoms with van der Waals surface area (Å²) in [6.45, 7) is 4.68. The lowest BCUT2D eigenvalue weighted by Gasteiger charge is -2.29. The third-order valence-corrected chi connectivity index (χ3v) is 4.72. The van der Waals surface area contributed by atoms with Gasteiger partial charge in [-0.3, -0.25) is 4.79 Å². The van der Waals surface area contributed by atoms with E-state index in [1.54, 1.807) is 0 Å². The number of carbonyl (C=O) groups excluding carboxylic acids is 1. The molecule has 0 spiro atoms. The van der Waals surface area contributed by atoms with Crippen molar-refractivity contribution in [2.75, 3.05) is 6.54 Å². The summed E-state index contributed by atoms with van der Waals surface area (Å²) in [5.74, 6) is 0.543. The maximum Gasteiger partial charge on any atom is 0.223 e. The first-order chi connectivity index (χ1) is 9.93. The maximum atomic E-state index is 12.5. The highest BCUT2D eigenvalue weighted by atomic mass is 35.5. The SMILES string of the molecule is CC(C)(Cc1ccccc1Cl)NC(=O)[C@@H]1CCC[C@@H]1CN. The first kappa shape index (κ1) is 16.3. The van der Waals surface area contributed by atoms with E-state index >= 15 is 0 Å². The highest BCUT2D eigenvalue weighted by Crippen LogP contribution is 2.31. The van der Waals surface area contributed by atoms with Crippen molar-refractivity contribution in [2.45, 2.75) is 45.1 Å². The zero-order valence-corrected chi connectivity index (χ0v) is 13.6. The van der Waals surface area contributed by atoms with E-state index in [-0.39, 0.29) is 17.4 Å². The van der Waals surface area contributed by atoms with Crippen LogP contribution in [0.5, 0.6) is 0 Å². The number of benzene rings is 1. The van der Waals surface area contributed by atoms with E-state index in [0.717, 1.165) is 36.3 Å². The molecule has 2 rings (SSSR count). The number of nitrogens with one attached hydrogen (secondary N) is 1. The van der Waals surface area contributed by atoms with E-state index in [4.69, 9.17) is 17.3 Å². The van der Waals surface area contributed by atoms with Crippen LogP contribution in [0.25, 0.3) is 0 Å². The number of halogens is 1. The normalized spacial score (nSPS) is 22.3. The van der Waals surface area contributed by atoms with Gasteiger partial charge in [0.1, 0.15) is 0 Å². The molecule has 0 aromatic heterocycles. The Morgan fingerprint density at radius 3 is 2.76 bits per heavy atom. The minimum atomic E-state index is -0.316. The standard InChI is InChI=1S/C17H25ClN2O/c1-17(2,10-12-6-3-4-9-15(12)18)20-16(21)14-8-5-7-13(14)11-19/h3-4,6,9,13-14H,5,7-8,10-11,19H2,1-2H3,(H,20,21)/t13-,14-/m1/s1. The zero-order chi connectivity index (χ0) is 15.5. The summed E-state index contributed by atoms with van der Waals surface area (Å²) in [7, 11) is 0. The summed E-state index contributed by atoms with van der Waals surface area (Å²) in [5.41, 5.74) is 6.52. The molecule has 0 radical (unpaired) electrons. The molecule has 1 saturated carbocycles. The van der Waals surface area contributed by atoms with Gasteiger partial charge in [0.15, 0.2) is 0 Å². The zero-order valence-electron chi connectivity index (χ0n) is 12.9. The van der Waals surface area contributed by atoms with Crippen molar-refractivity contribution < 1.29 is 4.79 Å². The number of nitrogens with two attached hydrogens (primary N) is 1. The Bertz CT molecular complexity index is 501. The van der Waals surface area contributed by atoms with Crippen molar-refractivity contribution in [1.29, 1.82) is 0 Å². The van der Waals surface area contributed by atoms with Crippen molar-refractivity contribution in [3.8, 4) is 0 Å². The Balaban J connectivity index is 2.00. The highest BCUT2D eigenvalue weighted by Gasteiger charge is 2.34. The van der Waals surface area contributed by atoms with E-state index in [0.29, 0.717) is 12.5 Å². The van der Waals surface area contributed by atoms with Crippen LogP contribution in [-0.2, 0) is 11.2 Å². The molecule has 1 aliphatic rings. The molecule has 1 fully saturated rings. The molecular formula is C17H25ClN2O. The van der Waals surface area contributed by atoms with E-state index in [9.17, 15) is 4.79 Å². The van der Waals surface area contributed by atoms with Gasteiger partial charge in [0.05, 0.1) is 0 Å². The summed E-state index contributed by atoms with van der Waals surface area (Å²) in [4.78, 5) is 12.5. The lowest BCUT2D eigenvalue weighted by molar-refractivity contribution is -0.127. The largest absolute Gasteiger partial charge is 0.351 e. The summed E-state index contributed by atoms with van der Waals surface area (Å²) in [6.07, 6.45) is 3.85. The van der Waals surface area contributed by atoms with Crippen LogP contribution in [0.1, 0.15) is 38.7 Å². The predicted molar refractivity (Wildman–Crippen MR) is 87.3 cm³/mol. The van der Waals surface area contributed by atoms with Crippen molar-refractivity contribution in [1.82, 2.24) is 5.32 Å². The molecule has 1 amide bonds. The Morgan fingerprint density at radius 2 is 2.10 bits per heavy atom. The van der Waals surface area contributed by atoms with Gasteiger partial charge >= 0.3 is 0 Å². The smallest absolute Gasteiger partial charge is 0.223 e. The Hall–Kier alpha value is -1.06. The van der Waals surface area contributed by atoms with Gasteiger partial charge < -0.3 is 11.1 Å². The first-order valence-corrected chi connectivity index (χ1v) is 8.06. The average molecular weight is 309 g/mol. The van der Waals surface area contributed by atoms with Crippen LogP contribution in [0.4, 0.5) is 0 Å². The van der Waals surface area contributed by atoms with Gasteiger partial charge in [-0.2, -0.15) is 0 Å². The first-order valence-electron chi connectivity index (χ1n) is 7.68. The maximum absolute atomic E-state index is 12.5. The molecule has 1 aromatic rings. The van der Waals surface area contributed by atoms with Crippen molar-refractivity contribution >= 4 is 17.5 Å². The molecule has 0 heterocycles. The molecule has 0 aliphatic heterocycles. The monoisotopic (exact) mass is 308 g/mol. The van der Waals surface area contributed by atoms with E-state index in [1.165, 1.54) is 0 Å². The number of carbonyl (C=O) groups is 1. The summed E-state index contributed by atoms with van der Waals surface area (Å²) < 4.78 is 0. The Labute approximate surface area is 132 Å². The number of rotatable bonds is 5. The van der Waals surface area contributed by atoms with Gasteiger partial charge in [0, 0.05) is 16.5 Å². The second kappa shape index (κ2) is 6.80. The predicted octanol–water partition coefficient (Wildman–Crippen LogP) is 3.15. The molecule has 1 aliphatic carbocycles. The second-order valence-corrected chi connectivity index (χ2v) is 7.08. The van der Waals surface area contributed by atoms with Gasteiger partial charge in [-0.05, 0) is 57.2 Å². The Kier molecular flexibility index (Phi) is 5.28. The molecule has 0 saturated heterocycles. The fourth-order valence-corrected chi connectivity index (χ4v) is 3.45. The van der Waals surface area contributed by atoms with Gasteiger partial charge in [-0.1, -0.05) is 36.2 Å². The average Bonchev–Trinajstić information content (AvgIpc) is 2.89. The van der Waals surface area contributed by atoms with Crippen molar-refractivity contribution in [3.05, 3.63) is 34.9 Å². The van der Waals surface area contributed by atoms with Crippen LogP contribution in [0.15, 0.2) is 24.3 Å². The van der Waals surface area contributed by atoms with Gasteiger partial charge in [0.2, 0.25) is 5.91 Å². The van der Waals surface area contributed by atoms with Gasteiger partial charge in [0.25, 0.3) is 0 Å². The topological polar surface area (TPSA) is 55.1 Å². The van der Waals surface area contributed by atoms with E-state index < -0.39 is 0 Å². The van der Waals surface area contributed by atoms with Crippen LogP contribution in [0.2, 0.25) is 5.02 Å². The molecule has 0 bridgehead atoms. The van der Waals surface area contributed by atoms with Gasteiger partial charge in [-0.15, -0.1) is 0 Å². The molecule has 1 aromatic carbocycles. The molecule has 2 atom stereocenters. The molecule has 3 nitrogen and oxygen atoms in total. The van der Waals surface area contributed by atoms with Crippen LogP contribution in [-0.4, -0.2) is 18.0 Å². The summed E-state index contributed by atoms with van der Waals surface area (Å²) >= 11 is 6.21. The van der Waals surface area contributed by atoms with Crippen LogP contribution in [0.3, 0.4) is 0 Å². The fraction of sp³-hybridized carbons (Fsp3) is 0.588. The lowest BCUT2D eigenvalue weighted by atomic mass is 9.91. The molecule has 4 heteroatoms.